The van der Waals surface area contributed by atoms with Gasteiger partial charge in [0.1, 0.15) is 5.75 Å². The molecule has 5 heteroatoms. The lowest BCUT2D eigenvalue weighted by Gasteiger charge is -2.04. The summed E-state index contributed by atoms with van der Waals surface area (Å²) < 4.78 is 5.57. The highest BCUT2D eigenvalue weighted by Gasteiger charge is 2.01. The van der Waals surface area contributed by atoms with E-state index in [-0.39, 0.29) is 5.56 Å². The number of benzene rings is 2. The molecule has 0 aliphatic heterocycles. The van der Waals surface area contributed by atoms with Crippen LogP contribution in [-0.4, -0.2) is 17.7 Å². The third-order valence-corrected chi connectivity index (χ3v) is 3.00. The van der Waals surface area contributed by atoms with Gasteiger partial charge in [-0.2, -0.15) is 10.2 Å². The molecule has 0 saturated carbocycles. The number of nitrogens with zero attached hydrogens (tertiary/aromatic N) is 2. The van der Waals surface area contributed by atoms with E-state index in [1.165, 1.54) is 12.1 Å². The molecule has 2 rings (SSSR count). The zero-order chi connectivity index (χ0) is 15.8. The first kappa shape index (κ1) is 15.7. The Bertz CT molecular complexity index is 634. The highest BCUT2D eigenvalue weighted by molar-refractivity contribution is 5.87. The molecule has 22 heavy (non-hydrogen) atoms. The minimum atomic E-state index is -0.956. The average Bonchev–Trinajstić information content (AvgIpc) is 2.55. The molecule has 0 spiro atoms. The van der Waals surface area contributed by atoms with E-state index in [0.717, 1.165) is 18.6 Å². The van der Waals surface area contributed by atoms with Crippen LogP contribution in [0.5, 0.6) is 5.75 Å². The van der Waals surface area contributed by atoms with Crippen LogP contribution < -0.4 is 4.74 Å². The Kier molecular flexibility index (Phi) is 5.65. The summed E-state index contributed by atoms with van der Waals surface area (Å²) in [6, 6.07) is 13.6. The first-order valence-electron chi connectivity index (χ1n) is 7.17. The van der Waals surface area contributed by atoms with E-state index in [9.17, 15) is 4.79 Å². The van der Waals surface area contributed by atoms with Gasteiger partial charge in [-0.25, -0.2) is 4.79 Å². The van der Waals surface area contributed by atoms with Gasteiger partial charge in [0.2, 0.25) is 0 Å². The number of ether oxygens (including phenoxy) is 1. The summed E-state index contributed by atoms with van der Waals surface area (Å²) in [6.07, 6.45) is 2.14. The maximum absolute atomic E-state index is 10.8. The number of hydrogen-bond donors (Lipinski definition) is 1. The second kappa shape index (κ2) is 7.93. The van der Waals surface area contributed by atoms with Gasteiger partial charge in [-0.1, -0.05) is 13.3 Å². The van der Waals surface area contributed by atoms with Crippen LogP contribution in [0.25, 0.3) is 0 Å². The zero-order valence-corrected chi connectivity index (χ0v) is 12.4. The van der Waals surface area contributed by atoms with E-state index < -0.39 is 5.97 Å². The molecular formula is C17H18N2O3. The van der Waals surface area contributed by atoms with Gasteiger partial charge in [0.25, 0.3) is 0 Å². The Hall–Kier alpha value is -2.69. The average molecular weight is 298 g/mol. The van der Waals surface area contributed by atoms with Crippen molar-refractivity contribution in [2.24, 2.45) is 10.2 Å². The van der Waals surface area contributed by atoms with E-state index >= 15 is 0 Å². The molecule has 0 radical (unpaired) electrons. The molecule has 0 saturated heterocycles. The molecule has 2 aromatic carbocycles. The van der Waals surface area contributed by atoms with Crippen LogP contribution in [0, 0.1) is 0 Å². The summed E-state index contributed by atoms with van der Waals surface area (Å²) >= 11 is 0. The van der Waals surface area contributed by atoms with E-state index in [4.69, 9.17) is 9.84 Å². The van der Waals surface area contributed by atoms with Crippen molar-refractivity contribution < 1.29 is 14.6 Å². The minimum Gasteiger partial charge on any atom is -0.494 e. The standard InChI is InChI=1S/C17H18N2O3/c1-2-3-12-22-16-10-8-15(9-11-16)19-18-14-6-4-13(5-7-14)17(20)21/h4-11H,2-3,12H2,1H3,(H,20,21). The maximum Gasteiger partial charge on any atom is 0.335 e. The summed E-state index contributed by atoms with van der Waals surface area (Å²) in [6.45, 7) is 2.84. The number of aromatic carboxylic acids is 1. The summed E-state index contributed by atoms with van der Waals surface area (Å²) in [5.41, 5.74) is 1.55. The smallest absolute Gasteiger partial charge is 0.335 e. The molecule has 0 amide bonds. The molecule has 0 unspecified atom stereocenters. The van der Waals surface area contributed by atoms with Crippen molar-refractivity contribution in [3.05, 3.63) is 54.1 Å². The first-order valence-corrected chi connectivity index (χ1v) is 7.17. The predicted molar refractivity (Wildman–Crippen MR) is 84.4 cm³/mol. The molecule has 0 atom stereocenters. The minimum absolute atomic E-state index is 0.229. The molecule has 1 N–H and O–H groups in total. The fourth-order valence-electron chi connectivity index (χ4n) is 1.73. The van der Waals surface area contributed by atoms with Gasteiger partial charge < -0.3 is 9.84 Å². The van der Waals surface area contributed by atoms with Crippen molar-refractivity contribution in [2.75, 3.05) is 6.61 Å². The van der Waals surface area contributed by atoms with E-state index in [1.807, 2.05) is 24.3 Å². The molecule has 5 nitrogen and oxygen atoms in total. The van der Waals surface area contributed by atoms with Crippen molar-refractivity contribution in [1.29, 1.82) is 0 Å². The lowest BCUT2D eigenvalue weighted by Crippen LogP contribution is -1.95. The number of hydrogen-bond acceptors (Lipinski definition) is 4. The molecule has 0 fully saturated rings. The lowest BCUT2D eigenvalue weighted by molar-refractivity contribution is 0.0697. The summed E-state index contributed by atoms with van der Waals surface area (Å²) in [7, 11) is 0. The molecule has 0 aliphatic carbocycles. The summed E-state index contributed by atoms with van der Waals surface area (Å²) in [5, 5.41) is 17.0. The van der Waals surface area contributed by atoms with E-state index in [2.05, 4.69) is 17.2 Å². The quantitative estimate of drug-likeness (QED) is 0.579. The van der Waals surface area contributed by atoms with Crippen molar-refractivity contribution in [2.45, 2.75) is 19.8 Å². The topological polar surface area (TPSA) is 71.2 Å². The van der Waals surface area contributed by atoms with E-state index in [1.54, 1.807) is 12.1 Å². The lowest BCUT2D eigenvalue weighted by atomic mass is 10.2. The number of carbonyl (C=O) groups is 1. The fourth-order valence-corrected chi connectivity index (χ4v) is 1.73. The van der Waals surface area contributed by atoms with E-state index in [0.29, 0.717) is 18.0 Å². The van der Waals surface area contributed by atoms with Crippen LogP contribution in [0.3, 0.4) is 0 Å². The molecule has 114 valence electrons. The van der Waals surface area contributed by atoms with Crippen molar-refractivity contribution in [3.63, 3.8) is 0 Å². The number of azo groups is 1. The van der Waals surface area contributed by atoms with Crippen molar-refractivity contribution in [3.8, 4) is 5.75 Å². The Morgan fingerprint density at radius 3 is 2.05 bits per heavy atom. The highest BCUT2D eigenvalue weighted by Crippen LogP contribution is 2.21. The van der Waals surface area contributed by atoms with Crippen LogP contribution in [0.15, 0.2) is 58.8 Å². The monoisotopic (exact) mass is 298 g/mol. The van der Waals surface area contributed by atoms with Gasteiger partial charge in [-0.3, -0.25) is 0 Å². The van der Waals surface area contributed by atoms with Crippen LogP contribution >= 0.6 is 0 Å². The van der Waals surface area contributed by atoms with Crippen LogP contribution in [0.2, 0.25) is 0 Å². The molecule has 0 aromatic heterocycles. The Morgan fingerprint density at radius 2 is 1.55 bits per heavy atom. The van der Waals surface area contributed by atoms with Crippen LogP contribution in [0.1, 0.15) is 30.1 Å². The number of carboxylic acid groups (broad SMARTS) is 1. The van der Waals surface area contributed by atoms with Crippen LogP contribution in [0.4, 0.5) is 11.4 Å². The Balaban J connectivity index is 1.96. The fraction of sp³-hybridized carbons (Fsp3) is 0.235. The number of carboxylic acids is 1. The Morgan fingerprint density at radius 1 is 1.00 bits per heavy atom. The van der Waals surface area contributed by atoms with Gasteiger partial charge >= 0.3 is 5.97 Å². The summed E-state index contributed by atoms with van der Waals surface area (Å²) in [5.74, 6) is -0.139. The normalized spacial score (nSPS) is 10.8. The number of rotatable bonds is 7. The largest absolute Gasteiger partial charge is 0.494 e. The third-order valence-electron chi connectivity index (χ3n) is 3.00. The second-order valence-electron chi connectivity index (χ2n) is 4.75. The van der Waals surface area contributed by atoms with Crippen LogP contribution in [-0.2, 0) is 0 Å². The van der Waals surface area contributed by atoms with Gasteiger partial charge in [-0.05, 0) is 55.0 Å². The second-order valence-corrected chi connectivity index (χ2v) is 4.75. The molecule has 0 heterocycles. The SMILES string of the molecule is CCCCOc1ccc(N=Nc2ccc(C(=O)O)cc2)cc1. The van der Waals surface area contributed by atoms with Gasteiger partial charge in [0.15, 0.2) is 0 Å². The first-order chi connectivity index (χ1) is 10.7. The predicted octanol–water partition coefficient (Wildman–Crippen LogP) is 4.98. The molecule has 0 bridgehead atoms. The third kappa shape index (κ3) is 4.70. The van der Waals surface area contributed by atoms with Gasteiger partial charge in [-0.15, -0.1) is 0 Å². The molecular weight excluding hydrogens is 280 g/mol. The van der Waals surface area contributed by atoms with Crippen molar-refractivity contribution >= 4 is 17.3 Å². The van der Waals surface area contributed by atoms with Crippen molar-refractivity contribution in [1.82, 2.24) is 0 Å². The summed E-state index contributed by atoms with van der Waals surface area (Å²) in [4.78, 5) is 10.8. The Labute approximate surface area is 129 Å². The number of unbranched alkanes of at least 4 members (excludes halogenated alkanes) is 1. The van der Waals surface area contributed by atoms with Gasteiger partial charge in [0.05, 0.1) is 23.5 Å². The zero-order valence-electron chi connectivity index (χ0n) is 12.4. The molecule has 2 aromatic rings. The molecule has 0 aliphatic rings. The highest BCUT2D eigenvalue weighted by atomic mass is 16.5. The maximum atomic E-state index is 10.8. The van der Waals surface area contributed by atoms with Gasteiger partial charge in [0, 0.05) is 0 Å².